The van der Waals surface area contributed by atoms with E-state index in [9.17, 15) is 13.6 Å². The third-order valence-electron chi connectivity index (χ3n) is 3.25. The Bertz CT molecular complexity index is 496. The van der Waals surface area contributed by atoms with E-state index in [4.69, 9.17) is 23.2 Å². The first-order valence-electron chi connectivity index (χ1n) is 6.08. The van der Waals surface area contributed by atoms with Gasteiger partial charge in [-0.25, -0.2) is 8.78 Å². The van der Waals surface area contributed by atoms with Gasteiger partial charge in [0.25, 0.3) is 5.91 Å². The Morgan fingerprint density at radius 2 is 1.89 bits per heavy atom. The zero-order chi connectivity index (χ0) is 14.0. The molecule has 0 spiro atoms. The van der Waals surface area contributed by atoms with E-state index in [0.29, 0.717) is 0 Å². The second kappa shape index (κ2) is 6.06. The molecule has 1 aliphatic rings. The summed E-state index contributed by atoms with van der Waals surface area (Å²) < 4.78 is 26.9. The number of hydrogen-bond acceptors (Lipinski definition) is 1. The zero-order valence-electron chi connectivity index (χ0n) is 10.1. The summed E-state index contributed by atoms with van der Waals surface area (Å²) in [7, 11) is 0. The second-order valence-corrected chi connectivity index (χ2v) is 5.59. The van der Waals surface area contributed by atoms with Crippen LogP contribution in [0.1, 0.15) is 36.0 Å². The van der Waals surface area contributed by atoms with E-state index in [0.717, 1.165) is 37.8 Å². The van der Waals surface area contributed by atoms with Gasteiger partial charge in [-0.15, -0.1) is 11.6 Å². The Balaban J connectivity index is 2.13. The van der Waals surface area contributed by atoms with Crippen LogP contribution in [0.5, 0.6) is 0 Å². The molecule has 0 saturated heterocycles. The van der Waals surface area contributed by atoms with Gasteiger partial charge in [-0.1, -0.05) is 24.4 Å². The van der Waals surface area contributed by atoms with E-state index >= 15 is 0 Å². The lowest BCUT2D eigenvalue weighted by atomic mass is 9.94. The number of rotatable bonds is 2. The average Bonchev–Trinajstić information content (AvgIpc) is 2.36. The smallest absolute Gasteiger partial charge is 0.254 e. The fourth-order valence-electron chi connectivity index (χ4n) is 2.19. The minimum atomic E-state index is -0.842. The standard InChI is InChI=1S/C13H13Cl2F2NO/c14-8-3-1-2-4-12(8)18-13(19)7-5-11(17)9(15)6-10(7)16/h5-6,8,12H,1-4H2,(H,18,19). The molecule has 1 aromatic carbocycles. The summed E-state index contributed by atoms with van der Waals surface area (Å²) in [4.78, 5) is 11.9. The molecule has 0 aromatic heterocycles. The molecule has 2 unspecified atom stereocenters. The highest BCUT2D eigenvalue weighted by Crippen LogP contribution is 2.24. The minimum Gasteiger partial charge on any atom is -0.348 e. The molecule has 1 saturated carbocycles. The van der Waals surface area contributed by atoms with Crippen molar-refractivity contribution in [3.8, 4) is 0 Å². The first-order valence-corrected chi connectivity index (χ1v) is 6.90. The number of hydrogen-bond donors (Lipinski definition) is 1. The molecule has 104 valence electrons. The van der Waals surface area contributed by atoms with Crippen molar-refractivity contribution in [1.82, 2.24) is 5.32 Å². The SMILES string of the molecule is O=C(NC1CCCCC1Cl)c1cc(F)c(Cl)cc1F. The summed E-state index contributed by atoms with van der Waals surface area (Å²) in [5.74, 6) is -2.32. The minimum absolute atomic E-state index is 0.169. The van der Waals surface area contributed by atoms with Gasteiger partial charge in [-0.05, 0) is 25.0 Å². The fourth-order valence-corrected chi connectivity index (χ4v) is 2.68. The highest BCUT2D eigenvalue weighted by atomic mass is 35.5. The maximum absolute atomic E-state index is 13.6. The zero-order valence-corrected chi connectivity index (χ0v) is 11.6. The molecule has 0 aliphatic heterocycles. The van der Waals surface area contributed by atoms with Crippen LogP contribution in [0.2, 0.25) is 5.02 Å². The van der Waals surface area contributed by atoms with Crippen molar-refractivity contribution in [2.24, 2.45) is 0 Å². The molecular weight excluding hydrogens is 295 g/mol. The lowest BCUT2D eigenvalue weighted by molar-refractivity contribution is 0.0924. The Morgan fingerprint density at radius 1 is 1.21 bits per heavy atom. The van der Waals surface area contributed by atoms with Gasteiger partial charge < -0.3 is 5.32 Å². The van der Waals surface area contributed by atoms with Gasteiger partial charge in [0.05, 0.1) is 16.0 Å². The third kappa shape index (κ3) is 3.37. The van der Waals surface area contributed by atoms with Crippen molar-refractivity contribution >= 4 is 29.1 Å². The lowest BCUT2D eigenvalue weighted by Crippen LogP contribution is -2.43. The molecule has 2 rings (SSSR count). The molecule has 1 aliphatic carbocycles. The van der Waals surface area contributed by atoms with Crippen molar-refractivity contribution in [1.29, 1.82) is 0 Å². The van der Waals surface area contributed by atoms with Crippen molar-refractivity contribution in [3.63, 3.8) is 0 Å². The lowest BCUT2D eigenvalue weighted by Gasteiger charge is -2.27. The summed E-state index contributed by atoms with van der Waals surface area (Å²) in [5.41, 5.74) is -0.351. The third-order valence-corrected chi connectivity index (χ3v) is 4.06. The van der Waals surface area contributed by atoms with Crippen LogP contribution >= 0.6 is 23.2 Å². The molecule has 1 N–H and O–H groups in total. The van der Waals surface area contributed by atoms with E-state index in [1.54, 1.807) is 0 Å². The van der Waals surface area contributed by atoms with Crippen molar-refractivity contribution in [2.75, 3.05) is 0 Å². The predicted octanol–water partition coefficient (Wildman–Crippen LogP) is 3.90. The molecule has 0 radical (unpaired) electrons. The van der Waals surface area contributed by atoms with Crippen LogP contribution in [0.4, 0.5) is 8.78 Å². The van der Waals surface area contributed by atoms with Gasteiger partial charge in [-0.3, -0.25) is 4.79 Å². The van der Waals surface area contributed by atoms with E-state index in [-0.39, 0.29) is 22.0 Å². The highest BCUT2D eigenvalue weighted by Gasteiger charge is 2.26. The number of carbonyl (C=O) groups is 1. The van der Waals surface area contributed by atoms with Crippen LogP contribution in [-0.4, -0.2) is 17.3 Å². The fraction of sp³-hybridized carbons (Fsp3) is 0.462. The molecular formula is C13H13Cl2F2NO. The summed E-state index contributed by atoms with van der Waals surface area (Å²) >= 11 is 11.5. The van der Waals surface area contributed by atoms with Crippen molar-refractivity contribution in [3.05, 3.63) is 34.4 Å². The van der Waals surface area contributed by atoms with Crippen LogP contribution < -0.4 is 5.32 Å². The number of halogens is 4. The van der Waals surface area contributed by atoms with Gasteiger partial charge in [0.15, 0.2) is 0 Å². The van der Waals surface area contributed by atoms with Crippen LogP contribution in [0, 0.1) is 11.6 Å². The maximum Gasteiger partial charge on any atom is 0.254 e. The molecule has 0 bridgehead atoms. The van der Waals surface area contributed by atoms with Gasteiger partial charge >= 0.3 is 0 Å². The number of amides is 1. The Kier molecular flexibility index (Phi) is 4.63. The Morgan fingerprint density at radius 3 is 2.58 bits per heavy atom. The Labute approximate surface area is 120 Å². The van der Waals surface area contributed by atoms with Gasteiger partial charge in [0, 0.05) is 6.04 Å². The quantitative estimate of drug-likeness (QED) is 0.651. The monoisotopic (exact) mass is 307 g/mol. The summed E-state index contributed by atoms with van der Waals surface area (Å²) in [6.07, 6.45) is 3.54. The highest BCUT2D eigenvalue weighted by molar-refractivity contribution is 6.30. The van der Waals surface area contributed by atoms with E-state index in [1.807, 2.05) is 0 Å². The summed E-state index contributed by atoms with van der Waals surface area (Å²) in [5, 5.41) is 2.14. The first-order chi connectivity index (χ1) is 8.99. The molecule has 6 heteroatoms. The molecule has 1 amide bonds. The largest absolute Gasteiger partial charge is 0.348 e. The number of benzene rings is 1. The van der Waals surface area contributed by atoms with Crippen LogP contribution in [0.25, 0.3) is 0 Å². The molecule has 19 heavy (non-hydrogen) atoms. The first kappa shape index (κ1) is 14.5. The van der Waals surface area contributed by atoms with E-state index < -0.39 is 17.5 Å². The molecule has 1 fully saturated rings. The van der Waals surface area contributed by atoms with E-state index in [1.165, 1.54) is 0 Å². The molecule has 2 nitrogen and oxygen atoms in total. The van der Waals surface area contributed by atoms with Crippen LogP contribution in [0.15, 0.2) is 12.1 Å². The number of carbonyl (C=O) groups excluding carboxylic acids is 1. The second-order valence-electron chi connectivity index (χ2n) is 4.63. The number of alkyl halides is 1. The average molecular weight is 308 g/mol. The molecule has 1 aromatic rings. The maximum atomic E-state index is 13.6. The van der Waals surface area contributed by atoms with E-state index in [2.05, 4.69) is 5.32 Å². The normalized spacial score (nSPS) is 23.2. The van der Waals surface area contributed by atoms with Gasteiger partial charge in [0.1, 0.15) is 11.6 Å². The summed E-state index contributed by atoms with van der Waals surface area (Å²) in [6, 6.07) is 1.39. The van der Waals surface area contributed by atoms with Gasteiger partial charge in [-0.2, -0.15) is 0 Å². The van der Waals surface area contributed by atoms with Crippen molar-refractivity contribution in [2.45, 2.75) is 37.1 Å². The van der Waals surface area contributed by atoms with Crippen LogP contribution in [-0.2, 0) is 0 Å². The summed E-state index contributed by atoms with van der Waals surface area (Å²) in [6.45, 7) is 0. The van der Waals surface area contributed by atoms with Crippen LogP contribution in [0.3, 0.4) is 0 Å². The van der Waals surface area contributed by atoms with Gasteiger partial charge in [0.2, 0.25) is 0 Å². The molecule has 0 heterocycles. The predicted molar refractivity (Wildman–Crippen MR) is 70.7 cm³/mol. The van der Waals surface area contributed by atoms with Crippen molar-refractivity contribution < 1.29 is 13.6 Å². The number of nitrogens with one attached hydrogen (secondary N) is 1. The molecule has 2 atom stereocenters. The Hall–Kier alpha value is -0.870. The topological polar surface area (TPSA) is 29.1 Å².